The molecule has 0 heterocycles. The zero-order valence-corrected chi connectivity index (χ0v) is 16.1. The van der Waals surface area contributed by atoms with E-state index in [9.17, 15) is 4.79 Å². The van der Waals surface area contributed by atoms with Gasteiger partial charge in [0.15, 0.2) is 0 Å². The number of halogens is 1. The molecule has 0 atom stereocenters. The van der Waals surface area contributed by atoms with E-state index in [0.717, 1.165) is 16.7 Å². The van der Waals surface area contributed by atoms with Crippen molar-refractivity contribution in [3.63, 3.8) is 0 Å². The third-order valence-electron chi connectivity index (χ3n) is 4.10. The van der Waals surface area contributed by atoms with Gasteiger partial charge in [0.1, 0.15) is 12.4 Å². The number of amides is 1. The molecule has 142 valence electrons. The summed E-state index contributed by atoms with van der Waals surface area (Å²) in [5.74, 6) is 0.569. The smallest absolute Gasteiger partial charge is 0.240 e. The lowest BCUT2D eigenvalue weighted by Crippen LogP contribution is -2.17. The van der Waals surface area contributed by atoms with Crippen LogP contribution in [0, 0.1) is 0 Å². The van der Waals surface area contributed by atoms with Crippen LogP contribution >= 0.6 is 11.6 Å². The fourth-order valence-electron chi connectivity index (χ4n) is 2.59. The first-order chi connectivity index (χ1) is 13.7. The molecule has 0 saturated heterocycles. The monoisotopic (exact) mass is 392 g/mol. The van der Waals surface area contributed by atoms with Crippen LogP contribution in [-0.2, 0) is 17.8 Å². The molecule has 3 rings (SSSR count). The maximum atomic E-state index is 12.0. The van der Waals surface area contributed by atoms with Crippen molar-refractivity contribution in [1.29, 1.82) is 0 Å². The van der Waals surface area contributed by atoms with Crippen molar-refractivity contribution in [3.05, 3.63) is 101 Å². The van der Waals surface area contributed by atoms with Crippen molar-refractivity contribution in [3.8, 4) is 5.75 Å². The predicted octanol–water partition coefficient (Wildman–Crippen LogP) is 5.00. The molecular formula is C23H21ClN2O2. The molecule has 0 fully saturated rings. The number of nitrogens with one attached hydrogen (secondary N) is 1. The minimum absolute atomic E-state index is 0.125. The van der Waals surface area contributed by atoms with Crippen LogP contribution in [0.4, 0.5) is 0 Å². The Morgan fingerprint density at radius 2 is 1.64 bits per heavy atom. The van der Waals surface area contributed by atoms with E-state index >= 15 is 0 Å². The minimum atomic E-state index is -0.125. The highest BCUT2D eigenvalue weighted by molar-refractivity contribution is 6.30. The summed E-state index contributed by atoms with van der Waals surface area (Å²) in [6.45, 7) is 0.422. The van der Waals surface area contributed by atoms with Gasteiger partial charge < -0.3 is 4.74 Å². The minimum Gasteiger partial charge on any atom is -0.488 e. The van der Waals surface area contributed by atoms with Crippen LogP contribution in [0.2, 0.25) is 5.02 Å². The Morgan fingerprint density at radius 1 is 0.929 bits per heavy atom. The van der Waals surface area contributed by atoms with Gasteiger partial charge in [-0.15, -0.1) is 0 Å². The van der Waals surface area contributed by atoms with E-state index in [1.807, 2.05) is 78.9 Å². The summed E-state index contributed by atoms with van der Waals surface area (Å²) in [6, 6.07) is 25.0. The zero-order chi connectivity index (χ0) is 19.6. The predicted molar refractivity (Wildman–Crippen MR) is 113 cm³/mol. The number of carbonyl (C=O) groups excluding carboxylic acids is 1. The normalized spacial score (nSPS) is 10.8. The molecule has 3 aromatic rings. The summed E-state index contributed by atoms with van der Waals surface area (Å²) in [6.07, 6.45) is 2.66. The summed E-state index contributed by atoms with van der Waals surface area (Å²) in [7, 11) is 0. The number of hydrazone groups is 1. The van der Waals surface area contributed by atoms with Gasteiger partial charge >= 0.3 is 0 Å². The molecule has 0 spiro atoms. The SMILES string of the molecule is O=C(CCc1ccccc1)NN=Cc1ccccc1OCc1ccc(Cl)cc1. The van der Waals surface area contributed by atoms with Crippen molar-refractivity contribution in [2.75, 3.05) is 0 Å². The number of hydrogen-bond donors (Lipinski definition) is 1. The fourth-order valence-corrected chi connectivity index (χ4v) is 2.72. The highest BCUT2D eigenvalue weighted by Gasteiger charge is 2.03. The molecule has 3 aromatic carbocycles. The largest absolute Gasteiger partial charge is 0.488 e. The molecule has 5 heteroatoms. The van der Waals surface area contributed by atoms with Crippen LogP contribution in [0.25, 0.3) is 0 Å². The Balaban J connectivity index is 1.52. The second-order valence-electron chi connectivity index (χ2n) is 6.23. The van der Waals surface area contributed by atoms with E-state index in [2.05, 4.69) is 10.5 Å². The van der Waals surface area contributed by atoms with Gasteiger partial charge in [-0.2, -0.15) is 5.10 Å². The molecule has 1 N–H and O–H groups in total. The Morgan fingerprint density at radius 3 is 2.43 bits per heavy atom. The lowest BCUT2D eigenvalue weighted by atomic mass is 10.1. The number of ether oxygens (including phenoxy) is 1. The van der Waals surface area contributed by atoms with Crippen molar-refractivity contribution >= 4 is 23.7 Å². The Kier molecular flexibility index (Phi) is 7.21. The van der Waals surface area contributed by atoms with Gasteiger partial charge in [-0.25, -0.2) is 5.43 Å². The van der Waals surface area contributed by atoms with Crippen LogP contribution in [0.1, 0.15) is 23.1 Å². The van der Waals surface area contributed by atoms with Crippen LogP contribution in [0.5, 0.6) is 5.75 Å². The number of hydrogen-bond acceptors (Lipinski definition) is 3. The maximum Gasteiger partial charge on any atom is 0.240 e. The fraction of sp³-hybridized carbons (Fsp3) is 0.130. The quantitative estimate of drug-likeness (QED) is 0.433. The average Bonchev–Trinajstić information content (AvgIpc) is 2.73. The standard InChI is InChI=1S/C23H21ClN2O2/c24-21-13-10-19(11-14-21)17-28-22-9-5-4-8-20(22)16-25-26-23(27)15-12-18-6-2-1-3-7-18/h1-11,13-14,16H,12,15,17H2,(H,26,27). The molecule has 0 aliphatic rings. The van der Waals surface area contributed by atoms with E-state index in [4.69, 9.17) is 16.3 Å². The van der Waals surface area contributed by atoms with Crippen LogP contribution < -0.4 is 10.2 Å². The maximum absolute atomic E-state index is 12.0. The number of para-hydroxylation sites is 1. The van der Waals surface area contributed by atoms with Crippen molar-refractivity contribution < 1.29 is 9.53 Å². The summed E-state index contributed by atoms with van der Waals surface area (Å²) in [5, 5.41) is 4.75. The van der Waals surface area contributed by atoms with Crippen LogP contribution in [-0.4, -0.2) is 12.1 Å². The molecule has 0 aliphatic heterocycles. The molecule has 0 unspecified atom stereocenters. The average molecular weight is 393 g/mol. The van der Waals surface area contributed by atoms with Crippen LogP contribution in [0.15, 0.2) is 84.0 Å². The van der Waals surface area contributed by atoms with Gasteiger partial charge in [0.25, 0.3) is 0 Å². The third-order valence-corrected chi connectivity index (χ3v) is 4.36. The van der Waals surface area contributed by atoms with Crippen molar-refractivity contribution in [2.45, 2.75) is 19.4 Å². The molecule has 28 heavy (non-hydrogen) atoms. The van der Waals surface area contributed by atoms with Crippen molar-refractivity contribution in [1.82, 2.24) is 5.43 Å². The molecule has 0 aromatic heterocycles. The first-order valence-corrected chi connectivity index (χ1v) is 9.40. The molecule has 0 bridgehead atoms. The summed E-state index contributed by atoms with van der Waals surface area (Å²) < 4.78 is 5.88. The number of rotatable bonds is 8. The molecule has 0 saturated carbocycles. The van der Waals surface area contributed by atoms with E-state index in [1.165, 1.54) is 0 Å². The molecule has 4 nitrogen and oxygen atoms in total. The Hall–Kier alpha value is -3.11. The van der Waals surface area contributed by atoms with Gasteiger partial charge in [0.2, 0.25) is 5.91 Å². The zero-order valence-electron chi connectivity index (χ0n) is 15.3. The number of carbonyl (C=O) groups is 1. The van der Waals surface area contributed by atoms with E-state index in [1.54, 1.807) is 6.21 Å². The van der Waals surface area contributed by atoms with Gasteiger partial charge in [-0.05, 0) is 41.8 Å². The summed E-state index contributed by atoms with van der Waals surface area (Å²) >= 11 is 5.90. The lowest BCUT2D eigenvalue weighted by molar-refractivity contribution is -0.121. The summed E-state index contributed by atoms with van der Waals surface area (Å²) in [5.41, 5.74) is 5.51. The van der Waals surface area contributed by atoms with Crippen LogP contribution in [0.3, 0.4) is 0 Å². The van der Waals surface area contributed by atoms with E-state index < -0.39 is 0 Å². The van der Waals surface area contributed by atoms with Gasteiger partial charge in [-0.1, -0.05) is 66.2 Å². The molecular weight excluding hydrogens is 372 g/mol. The number of aryl methyl sites for hydroxylation is 1. The second kappa shape index (κ2) is 10.3. The number of nitrogens with zero attached hydrogens (tertiary/aromatic N) is 1. The molecule has 0 aliphatic carbocycles. The highest BCUT2D eigenvalue weighted by atomic mass is 35.5. The third kappa shape index (κ3) is 6.25. The lowest BCUT2D eigenvalue weighted by Gasteiger charge is -2.09. The van der Waals surface area contributed by atoms with E-state index in [-0.39, 0.29) is 5.91 Å². The van der Waals surface area contributed by atoms with Gasteiger partial charge in [0.05, 0.1) is 6.21 Å². The number of benzene rings is 3. The topological polar surface area (TPSA) is 50.7 Å². The molecule has 1 amide bonds. The van der Waals surface area contributed by atoms with Crippen molar-refractivity contribution in [2.24, 2.45) is 5.10 Å². The van der Waals surface area contributed by atoms with E-state index in [0.29, 0.717) is 30.2 Å². The molecule has 0 radical (unpaired) electrons. The summed E-state index contributed by atoms with van der Waals surface area (Å²) in [4.78, 5) is 12.0. The Labute approximate surface area is 169 Å². The first-order valence-electron chi connectivity index (χ1n) is 9.03. The highest BCUT2D eigenvalue weighted by Crippen LogP contribution is 2.18. The van der Waals surface area contributed by atoms with Gasteiger partial charge in [-0.3, -0.25) is 4.79 Å². The second-order valence-corrected chi connectivity index (χ2v) is 6.67. The first kappa shape index (κ1) is 19.6. The Bertz CT molecular complexity index is 925. The van der Waals surface area contributed by atoms with Gasteiger partial charge in [0, 0.05) is 17.0 Å².